The second-order valence-corrected chi connectivity index (χ2v) is 5.20. The number of anilines is 1. The molecule has 0 bridgehead atoms. The van der Waals surface area contributed by atoms with Gasteiger partial charge in [-0.15, -0.1) is 11.3 Å². The van der Waals surface area contributed by atoms with Crippen LogP contribution >= 0.6 is 11.3 Å². The van der Waals surface area contributed by atoms with Gasteiger partial charge in [0.15, 0.2) is 5.89 Å². The SMILES string of the molecule is Cc1nc2c(sc3nccc(N(C)C)c32)c(=O)o1. The third kappa shape index (κ3) is 1.49. The van der Waals surface area contributed by atoms with Crippen LogP contribution < -0.4 is 10.5 Å². The van der Waals surface area contributed by atoms with Gasteiger partial charge in [-0.05, 0) is 6.07 Å². The number of thiophene rings is 1. The van der Waals surface area contributed by atoms with Crippen molar-refractivity contribution in [1.29, 1.82) is 0 Å². The van der Waals surface area contributed by atoms with Crippen molar-refractivity contribution in [2.24, 2.45) is 0 Å². The first-order valence-electron chi connectivity index (χ1n) is 5.44. The second kappa shape index (κ2) is 3.78. The number of rotatable bonds is 1. The van der Waals surface area contributed by atoms with E-state index >= 15 is 0 Å². The van der Waals surface area contributed by atoms with Crippen molar-refractivity contribution < 1.29 is 4.42 Å². The number of hydrogen-bond donors (Lipinski definition) is 0. The highest BCUT2D eigenvalue weighted by atomic mass is 32.1. The minimum Gasteiger partial charge on any atom is -0.408 e. The standard InChI is InChI=1S/C12H11N3O2S/c1-6-14-9-8-7(15(2)3)4-5-13-11(8)18-10(9)12(16)17-6/h4-5H,1-3H3. The highest BCUT2D eigenvalue weighted by molar-refractivity contribution is 7.25. The molecule has 0 unspecified atom stereocenters. The fraction of sp³-hybridized carbons (Fsp3) is 0.250. The molecule has 18 heavy (non-hydrogen) atoms. The molecule has 0 amide bonds. The Morgan fingerprint density at radius 1 is 1.39 bits per heavy atom. The predicted molar refractivity (Wildman–Crippen MR) is 72.5 cm³/mol. The van der Waals surface area contributed by atoms with Gasteiger partial charge in [-0.2, -0.15) is 0 Å². The average Bonchev–Trinajstić information content (AvgIpc) is 2.68. The van der Waals surface area contributed by atoms with Gasteiger partial charge in [0, 0.05) is 27.2 Å². The molecule has 0 aliphatic carbocycles. The number of hydrogen-bond acceptors (Lipinski definition) is 6. The zero-order valence-corrected chi connectivity index (χ0v) is 11.0. The predicted octanol–water partition coefficient (Wildman–Crippen LogP) is 2.17. The minimum absolute atomic E-state index is 0.342. The Bertz CT molecular complexity index is 804. The molecule has 5 nitrogen and oxygen atoms in total. The fourth-order valence-electron chi connectivity index (χ4n) is 1.97. The Balaban J connectivity index is 2.59. The van der Waals surface area contributed by atoms with E-state index in [0.29, 0.717) is 16.1 Å². The molecular formula is C12H11N3O2S. The molecule has 3 aromatic rings. The molecule has 6 heteroatoms. The van der Waals surface area contributed by atoms with Crippen molar-refractivity contribution in [3.05, 3.63) is 28.6 Å². The Hall–Kier alpha value is -1.95. The second-order valence-electron chi connectivity index (χ2n) is 4.20. The van der Waals surface area contributed by atoms with E-state index in [-0.39, 0.29) is 5.63 Å². The quantitative estimate of drug-likeness (QED) is 0.672. The van der Waals surface area contributed by atoms with Crippen LogP contribution in [-0.2, 0) is 0 Å². The van der Waals surface area contributed by atoms with E-state index in [9.17, 15) is 4.79 Å². The lowest BCUT2D eigenvalue weighted by Crippen LogP contribution is -2.09. The van der Waals surface area contributed by atoms with Crippen molar-refractivity contribution in [3.63, 3.8) is 0 Å². The van der Waals surface area contributed by atoms with Gasteiger partial charge in [-0.25, -0.2) is 14.8 Å². The van der Waals surface area contributed by atoms with E-state index in [4.69, 9.17) is 4.42 Å². The molecule has 0 atom stereocenters. The van der Waals surface area contributed by atoms with E-state index in [0.717, 1.165) is 15.9 Å². The summed E-state index contributed by atoms with van der Waals surface area (Å²) in [7, 11) is 3.91. The maximum absolute atomic E-state index is 11.8. The number of fused-ring (bicyclic) bond motifs is 3. The summed E-state index contributed by atoms with van der Waals surface area (Å²) in [4.78, 5) is 23.3. The highest BCUT2D eigenvalue weighted by Gasteiger charge is 2.16. The third-order valence-corrected chi connectivity index (χ3v) is 3.79. The maximum Gasteiger partial charge on any atom is 0.357 e. The summed E-state index contributed by atoms with van der Waals surface area (Å²) in [5.74, 6) is 0.376. The van der Waals surface area contributed by atoms with E-state index in [1.54, 1.807) is 13.1 Å². The van der Waals surface area contributed by atoms with Gasteiger partial charge in [0.2, 0.25) is 0 Å². The number of nitrogens with zero attached hydrogens (tertiary/aromatic N) is 3. The Kier molecular flexibility index (Phi) is 2.34. The molecule has 0 spiro atoms. The minimum atomic E-state index is -0.342. The largest absolute Gasteiger partial charge is 0.408 e. The van der Waals surface area contributed by atoms with Gasteiger partial charge in [0.1, 0.15) is 15.0 Å². The molecule has 0 saturated carbocycles. The van der Waals surface area contributed by atoms with Crippen molar-refractivity contribution >= 4 is 37.5 Å². The van der Waals surface area contributed by atoms with Gasteiger partial charge in [-0.1, -0.05) is 0 Å². The van der Waals surface area contributed by atoms with Crippen LogP contribution in [0.4, 0.5) is 5.69 Å². The van der Waals surface area contributed by atoms with Crippen LogP contribution in [0.15, 0.2) is 21.5 Å². The Morgan fingerprint density at radius 2 is 2.17 bits per heavy atom. The molecule has 92 valence electrons. The first-order chi connectivity index (χ1) is 8.58. The molecule has 3 aromatic heterocycles. The van der Waals surface area contributed by atoms with Crippen LogP contribution in [0, 0.1) is 6.92 Å². The van der Waals surface area contributed by atoms with Crippen LogP contribution in [0.1, 0.15) is 5.89 Å². The van der Waals surface area contributed by atoms with Crippen molar-refractivity contribution in [1.82, 2.24) is 9.97 Å². The van der Waals surface area contributed by atoms with Crippen molar-refractivity contribution in [2.45, 2.75) is 6.92 Å². The number of aryl methyl sites for hydroxylation is 1. The highest BCUT2D eigenvalue weighted by Crippen LogP contribution is 2.35. The monoisotopic (exact) mass is 261 g/mol. The first kappa shape index (κ1) is 11.2. The van der Waals surface area contributed by atoms with Gasteiger partial charge in [-0.3, -0.25) is 0 Å². The summed E-state index contributed by atoms with van der Waals surface area (Å²) in [5, 5.41) is 0.915. The molecule has 3 rings (SSSR count). The summed E-state index contributed by atoms with van der Waals surface area (Å²) < 4.78 is 5.55. The van der Waals surface area contributed by atoms with Gasteiger partial charge >= 0.3 is 5.63 Å². The van der Waals surface area contributed by atoms with Crippen molar-refractivity contribution in [3.8, 4) is 0 Å². The van der Waals surface area contributed by atoms with Crippen LogP contribution in [0.2, 0.25) is 0 Å². The lowest BCUT2D eigenvalue weighted by Gasteiger charge is -2.13. The smallest absolute Gasteiger partial charge is 0.357 e. The van der Waals surface area contributed by atoms with Crippen molar-refractivity contribution in [2.75, 3.05) is 19.0 Å². The van der Waals surface area contributed by atoms with E-state index in [2.05, 4.69) is 9.97 Å². The zero-order chi connectivity index (χ0) is 12.9. The van der Waals surface area contributed by atoms with Crippen LogP contribution in [0.5, 0.6) is 0 Å². The maximum atomic E-state index is 11.8. The molecule has 0 aromatic carbocycles. The molecule has 0 aliphatic rings. The molecular weight excluding hydrogens is 250 g/mol. The number of aromatic nitrogens is 2. The van der Waals surface area contributed by atoms with Crippen LogP contribution in [-0.4, -0.2) is 24.1 Å². The normalized spacial score (nSPS) is 11.3. The van der Waals surface area contributed by atoms with Crippen LogP contribution in [0.3, 0.4) is 0 Å². The van der Waals surface area contributed by atoms with Crippen LogP contribution in [0.25, 0.3) is 20.4 Å². The molecule has 0 N–H and O–H groups in total. The summed E-state index contributed by atoms with van der Waals surface area (Å²) in [6.45, 7) is 1.68. The summed E-state index contributed by atoms with van der Waals surface area (Å²) in [5.41, 5.74) is 1.34. The van der Waals surface area contributed by atoms with E-state index in [1.165, 1.54) is 11.3 Å². The zero-order valence-electron chi connectivity index (χ0n) is 10.2. The first-order valence-corrected chi connectivity index (χ1v) is 6.26. The Labute approximate surface area is 107 Å². The molecule has 3 heterocycles. The third-order valence-electron chi connectivity index (χ3n) is 2.72. The molecule has 0 fully saturated rings. The lowest BCUT2D eigenvalue weighted by molar-refractivity contribution is 0.468. The van der Waals surface area contributed by atoms with E-state index in [1.807, 2.05) is 25.1 Å². The molecule has 0 radical (unpaired) electrons. The molecule has 0 saturated heterocycles. The summed E-state index contributed by atoms with van der Waals surface area (Å²) in [6.07, 6.45) is 1.74. The van der Waals surface area contributed by atoms with E-state index < -0.39 is 0 Å². The van der Waals surface area contributed by atoms with Gasteiger partial charge < -0.3 is 9.32 Å². The average molecular weight is 261 g/mol. The Morgan fingerprint density at radius 3 is 2.89 bits per heavy atom. The van der Waals surface area contributed by atoms with Gasteiger partial charge in [0.05, 0.1) is 11.1 Å². The lowest BCUT2D eigenvalue weighted by atomic mass is 10.2. The topological polar surface area (TPSA) is 59.2 Å². The summed E-state index contributed by atoms with van der Waals surface area (Å²) in [6, 6.07) is 1.92. The fourth-order valence-corrected chi connectivity index (χ4v) is 2.95. The van der Waals surface area contributed by atoms with Gasteiger partial charge in [0.25, 0.3) is 0 Å². The molecule has 0 aliphatic heterocycles. The number of pyridine rings is 1. The summed E-state index contributed by atoms with van der Waals surface area (Å²) >= 11 is 1.32.